The van der Waals surface area contributed by atoms with Crippen LogP contribution in [0.25, 0.3) is 0 Å². The number of rotatable bonds is 5. The molecule has 0 aliphatic rings. The minimum Gasteiger partial charge on any atom is -0.481 e. The van der Waals surface area contributed by atoms with Gasteiger partial charge in [-0.15, -0.1) is 11.8 Å². The number of carboxylic acids is 1. The van der Waals surface area contributed by atoms with Gasteiger partial charge in [-0.1, -0.05) is 6.92 Å². The molecule has 0 spiro atoms. The average Bonchev–Trinajstić information content (AvgIpc) is 2.26. The SMILES string of the molecule is CC(CSc1ccc([N+](=O)[O-])cc1Br)C(=O)O. The van der Waals surface area contributed by atoms with Crippen LogP contribution in [0, 0.1) is 16.0 Å². The molecule has 0 aliphatic carbocycles. The molecule has 92 valence electrons. The van der Waals surface area contributed by atoms with E-state index in [1.807, 2.05) is 0 Å². The molecule has 0 fully saturated rings. The summed E-state index contributed by atoms with van der Waals surface area (Å²) in [5.41, 5.74) is 0.00695. The lowest BCUT2D eigenvalue weighted by molar-refractivity contribution is -0.385. The minimum atomic E-state index is -0.851. The third-order valence-electron chi connectivity index (χ3n) is 2.04. The van der Waals surface area contributed by atoms with Gasteiger partial charge >= 0.3 is 5.97 Å². The molecule has 0 saturated heterocycles. The van der Waals surface area contributed by atoms with Gasteiger partial charge in [-0.2, -0.15) is 0 Å². The molecule has 0 amide bonds. The van der Waals surface area contributed by atoms with Crippen molar-refractivity contribution in [3.05, 3.63) is 32.8 Å². The van der Waals surface area contributed by atoms with Crippen LogP contribution < -0.4 is 0 Å². The summed E-state index contributed by atoms with van der Waals surface area (Å²) in [4.78, 5) is 21.5. The Labute approximate surface area is 110 Å². The summed E-state index contributed by atoms with van der Waals surface area (Å²) in [6, 6.07) is 4.42. The minimum absolute atomic E-state index is 0.00695. The molecule has 1 rings (SSSR count). The Hall–Kier alpha value is -1.08. The normalized spacial score (nSPS) is 12.1. The molecule has 0 aliphatic heterocycles. The van der Waals surface area contributed by atoms with E-state index in [9.17, 15) is 14.9 Å². The van der Waals surface area contributed by atoms with E-state index in [0.29, 0.717) is 10.2 Å². The summed E-state index contributed by atoms with van der Waals surface area (Å²) in [7, 11) is 0. The summed E-state index contributed by atoms with van der Waals surface area (Å²) >= 11 is 4.58. The van der Waals surface area contributed by atoms with Crippen LogP contribution in [0.4, 0.5) is 5.69 Å². The molecule has 17 heavy (non-hydrogen) atoms. The molecule has 0 radical (unpaired) electrons. The van der Waals surface area contributed by atoms with E-state index in [4.69, 9.17) is 5.11 Å². The fraction of sp³-hybridized carbons (Fsp3) is 0.300. The van der Waals surface area contributed by atoms with Gasteiger partial charge in [0.05, 0.1) is 10.8 Å². The van der Waals surface area contributed by atoms with Gasteiger partial charge in [0.1, 0.15) is 0 Å². The maximum Gasteiger partial charge on any atom is 0.307 e. The van der Waals surface area contributed by atoms with Crippen molar-refractivity contribution < 1.29 is 14.8 Å². The first kappa shape index (κ1) is 14.0. The lowest BCUT2D eigenvalue weighted by Crippen LogP contribution is -2.11. The largest absolute Gasteiger partial charge is 0.481 e. The second-order valence-corrected chi connectivity index (χ2v) is 5.34. The number of thioether (sulfide) groups is 1. The first-order chi connectivity index (χ1) is 7.91. The van der Waals surface area contributed by atoms with Crippen LogP contribution in [0.15, 0.2) is 27.6 Å². The van der Waals surface area contributed by atoms with E-state index < -0.39 is 16.8 Å². The Bertz CT molecular complexity index is 452. The molecule has 1 N–H and O–H groups in total. The van der Waals surface area contributed by atoms with E-state index in [1.165, 1.54) is 23.9 Å². The van der Waals surface area contributed by atoms with Crippen molar-refractivity contribution in [2.45, 2.75) is 11.8 Å². The topological polar surface area (TPSA) is 80.4 Å². The van der Waals surface area contributed by atoms with Gasteiger partial charge in [-0.05, 0) is 22.0 Å². The highest BCUT2D eigenvalue weighted by Crippen LogP contribution is 2.31. The number of hydrogen-bond donors (Lipinski definition) is 1. The molecule has 0 saturated carbocycles. The fourth-order valence-electron chi connectivity index (χ4n) is 1.01. The smallest absolute Gasteiger partial charge is 0.307 e. The number of aliphatic carboxylic acids is 1. The van der Waals surface area contributed by atoms with Gasteiger partial charge < -0.3 is 5.11 Å². The molecule has 5 nitrogen and oxygen atoms in total. The average molecular weight is 320 g/mol. The van der Waals surface area contributed by atoms with Crippen molar-refractivity contribution >= 4 is 39.3 Å². The zero-order valence-electron chi connectivity index (χ0n) is 8.92. The Balaban J connectivity index is 2.73. The Morgan fingerprint density at radius 3 is 2.76 bits per heavy atom. The first-order valence-electron chi connectivity index (χ1n) is 4.71. The van der Waals surface area contributed by atoms with Gasteiger partial charge in [0.2, 0.25) is 0 Å². The number of nitro benzene ring substituents is 1. The zero-order chi connectivity index (χ0) is 13.0. The van der Waals surface area contributed by atoms with Crippen LogP contribution in [0.5, 0.6) is 0 Å². The van der Waals surface area contributed by atoms with Crippen molar-refractivity contribution in [3.8, 4) is 0 Å². The molecular weight excluding hydrogens is 310 g/mol. The van der Waals surface area contributed by atoms with Gasteiger partial charge in [-0.3, -0.25) is 14.9 Å². The Morgan fingerprint density at radius 1 is 1.65 bits per heavy atom. The quantitative estimate of drug-likeness (QED) is 0.512. The molecule has 1 aromatic rings. The maximum absolute atomic E-state index is 10.6. The van der Waals surface area contributed by atoms with Gasteiger partial charge in [0.15, 0.2) is 0 Å². The van der Waals surface area contributed by atoms with Crippen LogP contribution in [0.3, 0.4) is 0 Å². The summed E-state index contributed by atoms with van der Waals surface area (Å²) < 4.78 is 0.606. The van der Waals surface area contributed by atoms with Crippen LogP contribution >= 0.6 is 27.7 Å². The highest BCUT2D eigenvalue weighted by molar-refractivity contribution is 9.10. The first-order valence-corrected chi connectivity index (χ1v) is 6.49. The van der Waals surface area contributed by atoms with Crippen LogP contribution in [0.2, 0.25) is 0 Å². The number of nitrogens with zero attached hydrogens (tertiary/aromatic N) is 1. The van der Waals surface area contributed by atoms with E-state index in [0.717, 1.165) is 4.90 Å². The van der Waals surface area contributed by atoms with Crippen molar-refractivity contribution in [2.75, 3.05) is 5.75 Å². The third kappa shape index (κ3) is 4.01. The van der Waals surface area contributed by atoms with Crippen molar-refractivity contribution in [3.63, 3.8) is 0 Å². The second kappa shape index (κ2) is 6.02. The standard InChI is InChI=1S/C10H10BrNO4S/c1-6(10(13)14)5-17-9-3-2-7(12(15)16)4-8(9)11/h2-4,6H,5H2,1H3,(H,13,14). The predicted molar refractivity (Wildman–Crippen MR) is 68.3 cm³/mol. The van der Waals surface area contributed by atoms with Crippen molar-refractivity contribution in [1.29, 1.82) is 0 Å². The fourth-order valence-corrected chi connectivity index (χ4v) is 2.65. The summed E-state index contributed by atoms with van der Waals surface area (Å²) in [5, 5.41) is 19.3. The molecule has 0 heterocycles. The number of halogens is 1. The summed E-state index contributed by atoms with van der Waals surface area (Å²) in [5.74, 6) is -0.885. The monoisotopic (exact) mass is 319 g/mol. The van der Waals surface area contributed by atoms with E-state index in [1.54, 1.807) is 13.0 Å². The lowest BCUT2D eigenvalue weighted by Gasteiger charge is -2.07. The highest BCUT2D eigenvalue weighted by Gasteiger charge is 2.14. The number of nitro groups is 1. The molecule has 1 atom stereocenters. The number of carboxylic acid groups (broad SMARTS) is 1. The lowest BCUT2D eigenvalue weighted by atomic mass is 10.2. The highest BCUT2D eigenvalue weighted by atomic mass is 79.9. The molecule has 1 unspecified atom stereocenters. The van der Waals surface area contributed by atoms with Crippen LogP contribution in [-0.4, -0.2) is 21.8 Å². The zero-order valence-corrected chi connectivity index (χ0v) is 11.3. The van der Waals surface area contributed by atoms with Crippen molar-refractivity contribution in [1.82, 2.24) is 0 Å². The van der Waals surface area contributed by atoms with Crippen LogP contribution in [0.1, 0.15) is 6.92 Å². The molecule has 1 aromatic carbocycles. The third-order valence-corrected chi connectivity index (χ3v) is 4.29. The number of hydrogen-bond acceptors (Lipinski definition) is 4. The molecular formula is C10H10BrNO4S. The van der Waals surface area contributed by atoms with Gasteiger partial charge in [-0.25, -0.2) is 0 Å². The second-order valence-electron chi connectivity index (χ2n) is 3.42. The van der Waals surface area contributed by atoms with Crippen LogP contribution in [-0.2, 0) is 4.79 Å². The molecule has 7 heteroatoms. The van der Waals surface area contributed by atoms with E-state index in [2.05, 4.69) is 15.9 Å². The number of carbonyl (C=O) groups is 1. The summed E-state index contributed by atoms with van der Waals surface area (Å²) in [6.07, 6.45) is 0. The predicted octanol–water partition coefficient (Wildman–Crippen LogP) is 3.17. The number of benzene rings is 1. The molecule has 0 aromatic heterocycles. The molecule has 0 bridgehead atoms. The van der Waals surface area contributed by atoms with Crippen molar-refractivity contribution in [2.24, 2.45) is 5.92 Å². The Morgan fingerprint density at radius 2 is 2.29 bits per heavy atom. The van der Waals surface area contributed by atoms with E-state index in [-0.39, 0.29) is 5.69 Å². The maximum atomic E-state index is 10.6. The summed E-state index contributed by atoms with van der Waals surface area (Å²) in [6.45, 7) is 1.62. The van der Waals surface area contributed by atoms with E-state index >= 15 is 0 Å². The Kier molecular flexibility index (Phi) is 4.95. The van der Waals surface area contributed by atoms with Gasteiger partial charge in [0, 0.05) is 27.3 Å². The number of non-ortho nitro benzene ring substituents is 1. The van der Waals surface area contributed by atoms with Gasteiger partial charge in [0.25, 0.3) is 5.69 Å².